The minimum absolute atomic E-state index is 0.0131. The van der Waals surface area contributed by atoms with Crippen LogP contribution in [-0.2, 0) is 31.3 Å². The number of carbonyl (C=O) groups excluding carboxylic acids is 3. The van der Waals surface area contributed by atoms with Gasteiger partial charge >= 0.3 is 0 Å². The molecule has 9 rings (SSSR count). The average Bonchev–Trinajstić information content (AvgIpc) is 3.34. The highest BCUT2D eigenvalue weighted by molar-refractivity contribution is 7.90. The Morgan fingerprint density at radius 3 is 2.33 bits per heavy atom. The number of hydrogen-bond acceptors (Lipinski definition) is 9. The van der Waals surface area contributed by atoms with Crippen LogP contribution in [0.4, 0.5) is 5.69 Å². The summed E-state index contributed by atoms with van der Waals surface area (Å²) >= 11 is 6.49. The lowest BCUT2D eigenvalue weighted by Crippen LogP contribution is -2.54. The summed E-state index contributed by atoms with van der Waals surface area (Å²) in [5, 5.41) is -0.0826. The summed E-state index contributed by atoms with van der Waals surface area (Å²) in [6.07, 6.45) is 6.50. The topological polar surface area (TPSA) is 132 Å². The van der Waals surface area contributed by atoms with Gasteiger partial charge in [-0.2, -0.15) is 0 Å². The fourth-order valence-corrected chi connectivity index (χ4v) is 11.9. The van der Waals surface area contributed by atoms with Crippen molar-refractivity contribution in [3.05, 3.63) is 93.5 Å². The van der Waals surface area contributed by atoms with Gasteiger partial charge in [0.05, 0.1) is 47.9 Å². The highest BCUT2D eigenvalue weighted by Gasteiger charge is 2.48. The molecule has 4 aliphatic heterocycles. The molecule has 2 fully saturated rings. The molecule has 13 heteroatoms. The second-order valence-corrected chi connectivity index (χ2v) is 19.7. The van der Waals surface area contributed by atoms with E-state index in [0.717, 1.165) is 50.6 Å². The van der Waals surface area contributed by atoms with Gasteiger partial charge in [-0.3, -0.25) is 19.3 Å². The third kappa shape index (κ3) is 6.94. The van der Waals surface area contributed by atoms with Crippen molar-refractivity contribution in [2.45, 2.75) is 88.2 Å². The highest BCUT2D eigenvalue weighted by Crippen LogP contribution is 2.49. The number of anilines is 1. The van der Waals surface area contributed by atoms with Gasteiger partial charge in [0, 0.05) is 35.0 Å². The van der Waals surface area contributed by atoms with Crippen molar-refractivity contribution in [1.82, 2.24) is 9.62 Å². The van der Waals surface area contributed by atoms with Crippen LogP contribution in [0.25, 0.3) is 0 Å². The summed E-state index contributed by atoms with van der Waals surface area (Å²) in [5.74, 6) is -0.287. The Hall–Kier alpha value is -3.97. The summed E-state index contributed by atoms with van der Waals surface area (Å²) in [5.41, 5.74) is 4.01. The van der Waals surface area contributed by atoms with E-state index < -0.39 is 33.5 Å². The van der Waals surface area contributed by atoms with Crippen LogP contribution in [0.3, 0.4) is 0 Å². The smallest absolute Gasteiger partial charge is 0.264 e. The van der Waals surface area contributed by atoms with E-state index in [1.807, 2.05) is 13.0 Å². The lowest BCUT2D eigenvalue weighted by Gasteiger charge is -2.49. The van der Waals surface area contributed by atoms with Crippen LogP contribution < -0.4 is 14.4 Å². The Kier molecular flexibility index (Phi) is 10.1. The van der Waals surface area contributed by atoms with Gasteiger partial charge in [0.1, 0.15) is 5.75 Å². The number of ether oxygens (including phenoxy) is 3. The minimum Gasteiger partial charge on any atom is -0.490 e. The highest BCUT2D eigenvalue weighted by atomic mass is 35.5. The predicted molar refractivity (Wildman–Crippen MR) is 215 cm³/mol. The molecule has 1 saturated heterocycles. The molecule has 0 radical (unpaired) electrons. The van der Waals surface area contributed by atoms with E-state index in [4.69, 9.17) is 25.8 Å². The summed E-state index contributed by atoms with van der Waals surface area (Å²) in [6, 6.07) is 17.8. The Bertz CT molecular complexity index is 2170. The number of halogens is 1. The first kappa shape index (κ1) is 38.5. The number of benzene rings is 3. The number of fused-ring (bicyclic) bond motifs is 5. The van der Waals surface area contributed by atoms with Crippen LogP contribution in [0.5, 0.6) is 5.75 Å². The van der Waals surface area contributed by atoms with Gasteiger partial charge in [-0.1, -0.05) is 43.1 Å². The summed E-state index contributed by atoms with van der Waals surface area (Å²) in [7, 11) is -3.99. The Balaban J connectivity index is 1.03. The van der Waals surface area contributed by atoms with Crippen molar-refractivity contribution in [3.8, 4) is 5.75 Å². The number of hydrogen-bond donors (Lipinski definition) is 1. The average molecular weight is 816 g/mol. The van der Waals surface area contributed by atoms with Crippen molar-refractivity contribution in [2.24, 2.45) is 23.7 Å². The molecule has 11 nitrogen and oxygen atoms in total. The number of carbonyl (C=O) groups is 3. The van der Waals surface area contributed by atoms with Gasteiger partial charge in [-0.15, -0.1) is 0 Å². The Morgan fingerprint density at radius 1 is 0.860 bits per heavy atom. The number of imide groups is 1. The van der Waals surface area contributed by atoms with Gasteiger partial charge in [0.15, 0.2) is 6.29 Å². The van der Waals surface area contributed by atoms with Gasteiger partial charge in [-0.05, 0) is 123 Å². The number of sulfonamides is 1. The lowest BCUT2D eigenvalue weighted by atomic mass is 9.64. The van der Waals surface area contributed by atoms with Crippen LogP contribution in [0.2, 0.25) is 5.02 Å². The summed E-state index contributed by atoms with van der Waals surface area (Å²) in [4.78, 5) is 43.9. The number of amides is 3. The molecule has 1 spiro atoms. The number of rotatable bonds is 2. The van der Waals surface area contributed by atoms with E-state index in [9.17, 15) is 22.8 Å². The molecule has 3 amide bonds. The largest absolute Gasteiger partial charge is 0.490 e. The molecule has 57 heavy (non-hydrogen) atoms. The number of nitrogens with zero attached hydrogens (tertiary/aromatic N) is 2. The molecule has 3 aromatic rings. The van der Waals surface area contributed by atoms with Crippen LogP contribution >= 0.6 is 11.6 Å². The molecule has 3 aromatic carbocycles. The van der Waals surface area contributed by atoms with Gasteiger partial charge in [0.2, 0.25) is 10.0 Å². The molecule has 4 heterocycles. The molecule has 2 aliphatic carbocycles. The monoisotopic (exact) mass is 815 g/mol. The maximum Gasteiger partial charge on any atom is 0.264 e. The summed E-state index contributed by atoms with van der Waals surface area (Å²) < 4.78 is 49.3. The molecule has 6 aliphatic rings. The van der Waals surface area contributed by atoms with Crippen molar-refractivity contribution in [3.63, 3.8) is 0 Å². The fraction of sp³-hybridized carbons (Fsp3) is 0.523. The second kappa shape index (κ2) is 15.0. The molecular formula is C44H50ClN3O8S. The minimum atomic E-state index is -3.99. The molecular weight excluding hydrogens is 766 g/mol. The van der Waals surface area contributed by atoms with E-state index >= 15 is 0 Å². The van der Waals surface area contributed by atoms with Gasteiger partial charge in [0.25, 0.3) is 17.7 Å². The van der Waals surface area contributed by atoms with E-state index in [1.165, 1.54) is 16.0 Å². The first-order chi connectivity index (χ1) is 27.4. The van der Waals surface area contributed by atoms with E-state index in [-0.39, 0.29) is 59.7 Å². The number of aryl methyl sites for hydroxylation is 1. The van der Waals surface area contributed by atoms with Crippen LogP contribution in [0, 0.1) is 23.7 Å². The van der Waals surface area contributed by atoms with Gasteiger partial charge < -0.3 is 19.1 Å². The predicted octanol–water partition coefficient (Wildman–Crippen LogP) is 6.76. The fourth-order valence-electron chi connectivity index (χ4n) is 10.4. The molecule has 0 aromatic heterocycles. The van der Waals surface area contributed by atoms with Crippen molar-refractivity contribution < 1.29 is 37.0 Å². The van der Waals surface area contributed by atoms with Gasteiger partial charge in [-0.25, -0.2) is 13.1 Å². The van der Waals surface area contributed by atoms with Crippen molar-refractivity contribution >= 4 is 45.0 Å². The SMILES string of the molecule is C[C@@H]1[C@@H](C)CCC[C@@H](C2OCC(N3C(=O)c4ccccc4C3=O)CO2)[C@@H]2CC[C@H]2CN2C[C@@]3(CCCc4cc(Cl)ccc43)COc3ccc(cc32)C(=O)NS1(=O)=O. The van der Waals surface area contributed by atoms with Crippen molar-refractivity contribution in [1.29, 1.82) is 0 Å². The number of nitrogens with one attached hydrogen (secondary N) is 1. The maximum absolute atomic E-state index is 13.7. The zero-order valence-corrected chi connectivity index (χ0v) is 34.0. The van der Waals surface area contributed by atoms with E-state index in [0.29, 0.717) is 48.0 Å². The summed E-state index contributed by atoms with van der Waals surface area (Å²) in [6.45, 7) is 5.79. The molecule has 1 N–H and O–H groups in total. The molecule has 302 valence electrons. The standard InChI is InChI=1S/C44H50ClN3O8S/c1-26-7-5-11-36(43-54-22-32(23-55-43)48-41(50)34-9-3-4-10-35(34)42(48)51)33-15-12-30(33)21-47-24-44(18-6-8-28-19-31(45)14-16-37(28)44)25-56-39-17-13-29(20-38(39)47)40(49)46-57(52,53)27(26)2/h3-4,9-10,13-14,16-17,19-20,26-27,30,32-33,36,43H,5-8,11-12,15,18,21-25H2,1-2H3,(H,46,49)/t26-,27+,30-,32?,33+,36+,43?,44-/m0/s1. The van der Waals surface area contributed by atoms with E-state index in [2.05, 4.69) is 21.8 Å². The van der Waals surface area contributed by atoms with E-state index in [1.54, 1.807) is 49.4 Å². The molecule has 1 saturated carbocycles. The molecule has 0 unspecified atom stereocenters. The third-order valence-corrected chi connectivity index (χ3v) is 16.1. The van der Waals surface area contributed by atoms with Crippen molar-refractivity contribution in [2.75, 3.05) is 37.8 Å². The zero-order valence-electron chi connectivity index (χ0n) is 32.5. The molecule has 2 bridgehead atoms. The Morgan fingerprint density at radius 2 is 1.61 bits per heavy atom. The third-order valence-electron chi connectivity index (χ3n) is 13.9. The zero-order chi connectivity index (χ0) is 39.6. The maximum atomic E-state index is 13.7. The van der Waals surface area contributed by atoms with Crippen LogP contribution in [0.15, 0.2) is 60.7 Å². The van der Waals surface area contributed by atoms with Crippen LogP contribution in [-0.4, -0.2) is 81.5 Å². The lowest BCUT2D eigenvalue weighted by molar-refractivity contribution is -0.237. The molecule has 6 atom stereocenters. The Labute approximate surface area is 339 Å². The first-order valence-electron chi connectivity index (χ1n) is 20.5. The van der Waals surface area contributed by atoms with Crippen LogP contribution in [0.1, 0.15) is 101 Å². The normalized spacial score (nSPS) is 32.6. The quantitative estimate of drug-likeness (QED) is 0.279. The first-order valence-corrected chi connectivity index (χ1v) is 22.4. The second-order valence-electron chi connectivity index (χ2n) is 17.3.